The van der Waals surface area contributed by atoms with Gasteiger partial charge in [0.15, 0.2) is 0 Å². The van der Waals surface area contributed by atoms with E-state index in [9.17, 15) is 9.59 Å². The SMILES string of the molecule is CCCCn1cc(C(=O)Nc2cccc(C(=O)O)c2)c2ccc(C#N)cc21. The second-order valence-corrected chi connectivity index (χ2v) is 6.27. The summed E-state index contributed by atoms with van der Waals surface area (Å²) in [7, 11) is 0. The summed E-state index contributed by atoms with van der Waals surface area (Å²) in [5.74, 6) is -1.37. The summed E-state index contributed by atoms with van der Waals surface area (Å²) in [6.45, 7) is 2.85. The van der Waals surface area contributed by atoms with Gasteiger partial charge in [-0.25, -0.2) is 4.79 Å². The molecule has 0 atom stereocenters. The van der Waals surface area contributed by atoms with Gasteiger partial charge in [0.1, 0.15) is 0 Å². The monoisotopic (exact) mass is 361 g/mol. The second-order valence-electron chi connectivity index (χ2n) is 6.27. The van der Waals surface area contributed by atoms with Crippen molar-refractivity contribution in [1.29, 1.82) is 5.26 Å². The molecule has 0 radical (unpaired) electrons. The number of unbranched alkanes of at least 4 members (excludes halogenated alkanes) is 1. The Labute approximate surface area is 156 Å². The molecule has 0 fully saturated rings. The summed E-state index contributed by atoms with van der Waals surface area (Å²) in [5, 5.41) is 21.8. The number of anilines is 1. The van der Waals surface area contributed by atoms with Crippen LogP contribution in [0.2, 0.25) is 0 Å². The van der Waals surface area contributed by atoms with Crippen molar-refractivity contribution < 1.29 is 14.7 Å². The van der Waals surface area contributed by atoms with E-state index in [-0.39, 0.29) is 11.5 Å². The quantitative estimate of drug-likeness (QED) is 0.685. The smallest absolute Gasteiger partial charge is 0.335 e. The van der Waals surface area contributed by atoms with Crippen LogP contribution >= 0.6 is 0 Å². The van der Waals surface area contributed by atoms with Gasteiger partial charge in [-0.1, -0.05) is 25.5 Å². The molecule has 1 heterocycles. The number of carbonyl (C=O) groups excluding carboxylic acids is 1. The molecule has 0 aliphatic rings. The summed E-state index contributed by atoms with van der Waals surface area (Å²) in [4.78, 5) is 23.9. The fraction of sp³-hybridized carbons (Fsp3) is 0.190. The molecule has 2 aromatic carbocycles. The highest BCUT2D eigenvalue weighted by atomic mass is 16.4. The lowest BCUT2D eigenvalue weighted by Crippen LogP contribution is -2.12. The minimum atomic E-state index is -1.05. The van der Waals surface area contributed by atoms with Crippen molar-refractivity contribution in [3.63, 3.8) is 0 Å². The molecule has 27 heavy (non-hydrogen) atoms. The number of aryl methyl sites for hydroxylation is 1. The Balaban J connectivity index is 1.98. The molecule has 1 aromatic heterocycles. The van der Waals surface area contributed by atoms with E-state index in [0.717, 1.165) is 30.3 Å². The molecule has 1 amide bonds. The minimum absolute atomic E-state index is 0.108. The number of amides is 1. The van der Waals surface area contributed by atoms with Crippen LogP contribution in [0.15, 0.2) is 48.7 Å². The number of carbonyl (C=O) groups is 2. The maximum Gasteiger partial charge on any atom is 0.335 e. The number of hydrogen-bond donors (Lipinski definition) is 2. The predicted molar refractivity (Wildman–Crippen MR) is 103 cm³/mol. The number of nitrogens with zero attached hydrogens (tertiary/aromatic N) is 2. The molecule has 0 saturated heterocycles. The van der Waals surface area contributed by atoms with Crippen molar-refractivity contribution in [3.05, 3.63) is 65.4 Å². The zero-order valence-electron chi connectivity index (χ0n) is 14.9. The average molecular weight is 361 g/mol. The highest BCUT2D eigenvalue weighted by Gasteiger charge is 2.16. The van der Waals surface area contributed by atoms with Crippen LogP contribution in [0, 0.1) is 11.3 Å². The lowest BCUT2D eigenvalue weighted by atomic mass is 10.1. The first-order valence-electron chi connectivity index (χ1n) is 8.71. The summed E-state index contributed by atoms with van der Waals surface area (Å²) >= 11 is 0. The van der Waals surface area contributed by atoms with Crippen LogP contribution in [0.1, 0.15) is 46.0 Å². The minimum Gasteiger partial charge on any atom is -0.478 e. The first kappa shape index (κ1) is 18.2. The van der Waals surface area contributed by atoms with Gasteiger partial charge in [0, 0.05) is 23.8 Å². The number of aromatic nitrogens is 1. The van der Waals surface area contributed by atoms with Crippen LogP contribution in [0.3, 0.4) is 0 Å². The van der Waals surface area contributed by atoms with E-state index in [4.69, 9.17) is 10.4 Å². The Morgan fingerprint density at radius 1 is 1.22 bits per heavy atom. The van der Waals surface area contributed by atoms with Gasteiger partial charge in [0.05, 0.1) is 28.3 Å². The average Bonchev–Trinajstić information content (AvgIpc) is 3.04. The fourth-order valence-corrected chi connectivity index (χ4v) is 2.98. The number of nitriles is 1. The van der Waals surface area contributed by atoms with E-state index >= 15 is 0 Å². The van der Waals surface area contributed by atoms with Crippen LogP contribution in [0.4, 0.5) is 5.69 Å². The molecule has 6 nitrogen and oxygen atoms in total. The molecule has 0 saturated carbocycles. The Bertz CT molecular complexity index is 1060. The summed E-state index contributed by atoms with van der Waals surface area (Å²) in [5.41, 5.74) is 2.40. The highest BCUT2D eigenvalue weighted by molar-refractivity contribution is 6.13. The maximum atomic E-state index is 12.8. The van der Waals surface area contributed by atoms with Crippen LogP contribution in [0.25, 0.3) is 10.9 Å². The van der Waals surface area contributed by atoms with Crippen LogP contribution in [0.5, 0.6) is 0 Å². The first-order chi connectivity index (χ1) is 13.0. The van der Waals surface area contributed by atoms with Gasteiger partial charge in [-0.2, -0.15) is 5.26 Å². The normalized spacial score (nSPS) is 10.5. The fourth-order valence-electron chi connectivity index (χ4n) is 2.98. The van der Waals surface area contributed by atoms with E-state index in [1.54, 1.807) is 36.5 Å². The number of carboxylic acid groups (broad SMARTS) is 1. The molecular formula is C21H19N3O3. The van der Waals surface area contributed by atoms with Crippen LogP contribution in [-0.4, -0.2) is 21.6 Å². The molecule has 0 aliphatic carbocycles. The summed E-state index contributed by atoms with van der Waals surface area (Å²) in [6.07, 6.45) is 3.77. The number of nitrogens with one attached hydrogen (secondary N) is 1. The Morgan fingerprint density at radius 2 is 2.04 bits per heavy atom. The number of fused-ring (bicyclic) bond motifs is 1. The van der Waals surface area contributed by atoms with E-state index in [2.05, 4.69) is 18.3 Å². The van der Waals surface area contributed by atoms with Crippen molar-refractivity contribution in [2.45, 2.75) is 26.3 Å². The molecule has 6 heteroatoms. The second kappa shape index (κ2) is 7.75. The number of aromatic carboxylic acids is 1. The lowest BCUT2D eigenvalue weighted by Gasteiger charge is -2.05. The third kappa shape index (κ3) is 3.82. The molecule has 3 rings (SSSR count). The number of benzene rings is 2. The topological polar surface area (TPSA) is 95.1 Å². The molecule has 3 aromatic rings. The van der Waals surface area contributed by atoms with E-state index in [0.29, 0.717) is 16.8 Å². The molecule has 136 valence electrons. The van der Waals surface area contributed by atoms with Crippen molar-refractivity contribution >= 4 is 28.5 Å². The van der Waals surface area contributed by atoms with E-state index in [1.807, 2.05) is 4.57 Å². The molecular weight excluding hydrogens is 342 g/mol. The van der Waals surface area contributed by atoms with Gasteiger partial charge in [-0.3, -0.25) is 4.79 Å². The lowest BCUT2D eigenvalue weighted by molar-refractivity contribution is 0.0696. The molecule has 0 bridgehead atoms. The largest absolute Gasteiger partial charge is 0.478 e. The van der Waals surface area contributed by atoms with Crippen molar-refractivity contribution in [2.75, 3.05) is 5.32 Å². The zero-order valence-corrected chi connectivity index (χ0v) is 14.9. The third-order valence-corrected chi connectivity index (χ3v) is 4.38. The van der Waals surface area contributed by atoms with Crippen LogP contribution < -0.4 is 5.32 Å². The number of rotatable bonds is 6. The Kier molecular flexibility index (Phi) is 5.23. The van der Waals surface area contributed by atoms with Crippen molar-refractivity contribution in [2.24, 2.45) is 0 Å². The van der Waals surface area contributed by atoms with Crippen LogP contribution in [-0.2, 0) is 6.54 Å². The molecule has 0 unspecified atom stereocenters. The summed E-state index contributed by atoms with van der Waals surface area (Å²) < 4.78 is 1.99. The standard InChI is InChI=1S/C21H19N3O3/c1-2-3-9-24-13-18(17-8-7-14(12-22)10-19(17)24)20(25)23-16-6-4-5-15(11-16)21(26)27/h4-8,10-11,13H,2-3,9H2,1H3,(H,23,25)(H,26,27). The van der Waals surface area contributed by atoms with E-state index in [1.165, 1.54) is 12.1 Å². The van der Waals surface area contributed by atoms with Gasteiger partial charge < -0.3 is 15.0 Å². The van der Waals surface area contributed by atoms with Crippen molar-refractivity contribution in [1.82, 2.24) is 4.57 Å². The summed E-state index contributed by atoms with van der Waals surface area (Å²) in [6, 6.07) is 13.5. The Hall–Kier alpha value is -3.59. The van der Waals surface area contributed by atoms with E-state index < -0.39 is 5.97 Å². The van der Waals surface area contributed by atoms with Gasteiger partial charge in [-0.15, -0.1) is 0 Å². The maximum absolute atomic E-state index is 12.8. The van der Waals surface area contributed by atoms with Gasteiger partial charge in [0.25, 0.3) is 5.91 Å². The highest BCUT2D eigenvalue weighted by Crippen LogP contribution is 2.24. The predicted octanol–water partition coefficient (Wildman–Crippen LogP) is 4.26. The molecule has 0 spiro atoms. The Morgan fingerprint density at radius 3 is 2.74 bits per heavy atom. The third-order valence-electron chi connectivity index (χ3n) is 4.38. The molecule has 2 N–H and O–H groups in total. The van der Waals surface area contributed by atoms with Gasteiger partial charge >= 0.3 is 5.97 Å². The number of carboxylic acids is 1. The first-order valence-corrected chi connectivity index (χ1v) is 8.71. The number of hydrogen-bond acceptors (Lipinski definition) is 3. The molecule has 0 aliphatic heterocycles. The zero-order chi connectivity index (χ0) is 19.4. The van der Waals surface area contributed by atoms with Gasteiger partial charge in [0.2, 0.25) is 0 Å². The van der Waals surface area contributed by atoms with Crippen molar-refractivity contribution in [3.8, 4) is 6.07 Å². The van der Waals surface area contributed by atoms with Gasteiger partial charge in [-0.05, 0) is 36.8 Å².